The molecule has 10 aliphatic heterocycles. The second-order valence-corrected chi connectivity index (χ2v) is 19.3. The summed E-state index contributed by atoms with van der Waals surface area (Å²) in [4.78, 5) is 25.2. The van der Waals surface area contributed by atoms with Crippen LogP contribution in [0.3, 0.4) is 0 Å². The van der Waals surface area contributed by atoms with Gasteiger partial charge >= 0.3 is 0 Å². The molecule has 11 heterocycles. The lowest BCUT2D eigenvalue weighted by atomic mass is 9.81. The molecular formula is C46H65N3O11. The highest BCUT2D eigenvalue weighted by Crippen LogP contribution is 2.54. The summed E-state index contributed by atoms with van der Waals surface area (Å²) in [6, 6.07) is 1.80. The summed E-state index contributed by atoms with van der Waals surface area (Å²) in [7, 11) is 5.40. The van der Waals surface area contributed by atoms with Gasteiger partial charge in [0.15, 0.2) is 5.79 Å². The molecule has 0 unspecified atom stereocenters. The van der Waals surface area contributed by atoms with Crippen LogP contribution in [0.4, 0.5) is 5.95 Å². The Bertz CT molecular complexity index is 1740. The number of hydrogen-bond donors (Lipinski definition) is 0. The topological polar surface area (TPSA) is 138 Å². The second kappa shape index (κ2) is 17.0. The molecule has 10 aliphatic rings. The first-order valence-corrected chi connectivity index (χ1v) is 22.8. The van der Waals surface area contributed by atoms with Gasteiger partial charge in [0.25, 0.3) is 0 Å². The van der Waals surface area contributed by atoms with Crippen LogP contribution < -0.4 is 4.90 Å². The van der Waals surface area contributed by atoms with Crippen LogP contribution in [0.25, 0.3) is 0 Å². The number of ketones is 1. The maximum absolute atomic E-state index is 14.4. The van der Waals surface area contributed by atoms with Crippen molar-refractivity contribution in [2.75, 3.05) is 32.7 Å². The van der Waals surface area contributed by atoms with Crippen molar-refractivity contribution < 1.29 is 52.2 Å². The molecule has 0 N–H and O–H groups in total. The predicted molar refractivity (Wildman–Crippen MR) is 217 cm³/mol. The van der Waals surface area contributed by atoms with E-state index in [0.717, 1.165) is 56.1 Å². The van der Waals surface area contributed by atoms with E-state index in [1.54, 1.807) is 32.7 Å². The fourth-order valence-corrected chi connectivity index (χ4v) is 12.3. The van der Waals surface area contributed by atoms with Crippen molar-refractivity contribution in [2.45, 2.75) is 194 Å². The number of hydrogen-bond acceptors (Lipinski definition) is 14. The quantitative estimate of drug-likeness (QED) is 0.339. The zero-order valence-electron chi connectivity index (χ0n) is 35.8. The van der Waals surface area contributed by atoms with E-state index in [9.17, 15) is 4.79 Å². The molecule has 14 nitrogen and oxygen atoms in total. The normalized spacial score (nSPS) is 46.9. The zero-order valence-corrected chi connectivity index (χ0v) is 35.8. The number of methoxy groups -OCH3 is 2. The van der Waals surface area contributed by atoms with Crippen LogP contribution in [0.5, 0.6) is 0 Å². The van der Waals surface area contributed by atoms with Gasteiger partial charge in [0.2, 0.25) is 5.95 Å². The van der Waals surface area contributed by atoms with Crippen LogP contribution >= 0.6 is 0 Å². The number of likely N-dealkylation sites (N-methyl/N-ethyl adjacent to an activating group) is 1. The van der Waals surface area contributed by atoms with Crippen LogP contribution in [0.1, 0.15) is 90.4 Å². The zero-order chi connectivity index (χ0) is 41.3. The van der Waals surface area contributed by atoms with Crippen LogP contribution in [0, 0.1) is 11.8 Å². The molecule has 0 amide bonds. The van der Waals surface area contributed by atoms with E-state index in [-0.39, 0.29) is 115 Å². The van der Waals surface area contributed by atoms with Gasteiger partial charge in [-0.25, -0.2) is 9.97 Å². The maximum atomic E-state index is 14.4. The van der Waals surface area contributed by atoms with E-state index in [1.165, 1.54) is 0 Å². The molecule has 0 saturated carbocycles. The predicted octanol–water partition coefficient (Wildman–Crippen LogP) is 5.06. The summed E-state index contributed by atoms with van der Waals surface area (Å²) in [5.74, 6) is 0.0449. The molecular weight excluding hydrogens is 771 g/mol. The average Bonchev–Trinajstić information content (AvgIpc) is 3.92. The molecule has 19 atom stereocenters. The molecule has 0 aliphatic carbocycles. The monoisotopic (exact) mass is 835 g/mol. The maximum Gasteiger partial charge on any atom is 0.225 e. The minimum atomic E-state index is -0.785. The number of nitrogens with zero attached hydrogens (tertiary/aromatic N) is 3. The first kappa shape index (κ1) is 41.6. The molecule has 1 spiro atoms. The Labute approximate surface area is 354 Å². The van der Waals surface area contributed by atoms with Crippen LogP contribution in [0.15, 0.2) is 42.8 Å². The van der Waals surface area contributed by atoms with Gasteiger partial charge < -0.3 is 52.3 Å². The molecule has 1 aromatic heterocycles. The Kier molecular flexibility index (Phi) is 11.8. The molecule has 14 heteroatoms. The van der Waals surface area contributed by atoms with Gasteiger partial charge in [0, 0.05) is 84.6 Å². The minimum Gasteiger partial charge on any atom is -0.380 e. The van der Waals surface area contributed by atoms with Crippen molar-refractivity contribution in [1.82, 2.24) is 9.97 Å². The van der Waals surface area contributed by atoms with Crippen molar-refractivity contribution in [3.63, 3.8) is 0 Å². The average molecular weight is 836 g/mol. The molecule has 10 saturated heterocycles. The van der Waals surface area contributed by atoms with Gasteiger partial charge in [0.05, 0.1) is 67.1 Å². The van der Waals surface area contributed by atoms with Crippen molar-refractivity contribution in [3.8, 4) is 0 Å². The molecule has 0 aromatic carbocycles. The first-order chi connectivity index (χ1) is 29.1. The van der Waals surface area contributed by atoms with Crippen LogP contribution in [0.2, 0.25) is 0 Å². The number of carbonyl (C=O) groups is 1. The second-order valence-electron chi connectivity index (χ2n) is 19.3. The third kappa shape index (κ3) is 7.94. The van der Waals surface area contributed by atoms with Gasteiger partial charge in [-0.15, -0.1) is 0 Å². The Balaban J connectivity index is 0.912. The summed E-state index contributed by atoms with van der Waals surface area (Å²) >= 11 is 0. The number of fused-ring (bicyclic) bond motifs is 6. The number of rotatable bonds is 7. The Hall–Kier alpha value is -2.37. The smallest absolute Gasteiger partial charge is 0.225 e. The van der Waals surface area contributed by atoms with Gasteiger partial charge in [-0.2, -0.15) is 0 Å². The lowest BCUT2D eigenvalue weighted by molar-refractivity contribution is -0.292. The fraction of sp³-hybridized carbons (Fsp3) is 0.804. The van der Waals surface area contributed by atoms with Crippen molar-refractivity contribution in [3.05, 3.63) is 42.8 Å². The third-order valence-corrected chi connectivity index (χ3v) is 15.4. The highest BCUT2D eigenvalue weighted by atomic mass is 16.8. The first-order valence-electron chi connectivity index (χ1n) is 22.8. The Morgan fingerprint density at radius 1 is 0.800 bits per heavy atom. The lowest BCUT2D eigenvalue weighted by Crippen LogP contribution is -2.61. The number of ether oxygens (including phenoxy) is 10. The van der Waals surface area contributed by atoms with E-state index in [1.807, 2.05) is 11.9 Å². The van der Waals surface area contributed by atoms with Gasteiger partial charge in [0.1, 0.15) is 36.3 Å². The summed E-state index contributed by atoms with van der Waals surface area (Å²) in [5.41, 5.74) is 2.23. The van der Waals surface area contributed by atoms with E-state index in [4.69, 9.17) is 47.4 Å². The molecule has 11 rings (SSSR count). The fourth-order valence-electron chi connectivity index (χ4n) is 12.3. The van der Waals surface area contributed by atoms with Crippen molar-refractivity contribution in [2.24, 2.45) is 11.8 Å². The number of aromatic nitrogens is 2. The standard InChI is InChI=1S/C46H65N3O11/c1-24-16-28-8-10-33-25(2)17-30(53-33)12-13-46-22-38-41(59-46)42-43(58-38)44(60-46)40-34(57-42)11-9-29(55-40)18-27(50)19-32-36(21-35(54-28)26(24)3)56-37(39(32)52-6)20-31(51-5)23-49(4)45-47-14-7-15-48-45/h7,14-15,24,28-44H,2-3,8-13,16-23H2,1,4-6H3/t24-,28+,29-,30+,31+,32+,33+,34+,35-,36+,37-,38-,39-,40+,41+,42+,43-,44+,46+/m1/s1. The van der Waals surface area contributed by atoms with Gasteiger partial charge in [-0.05, 0) is 68.1 Å². The molecule has 10 fully saturated rings. The number of Topliss-reactive ketones (excluding diaryl/α,β-unsaturated/α-hetero) is 1. The SMILES string of the molecule is C=C1C[C@@H]2CC[C@@]34C[C@H]5O[C@H]6[C@@H](O3)[C@H]3O[C@H](CC[C@@H]3O[C@H]6[C@H]5O4)CC(=O)C[C@@H]3[C@@H](OC)[C@@H](C[C@@H](CN(C)c4ncccn4)OC)O[C@H]3C[C@H]3O[C@@H](CC[C@@H]1O2)C[C@@H](C)C3=C. The van der Waals surface area contributed by atoms with Gasteiger partial charge in [-0.1, -0.05) is 20.1 Å². The Morgan fingerprint density at radius 3 is 2.37 bits per heavy atom. The number of carbonyl (C=O) groups excluding carboxylic acids is 1. The summed E-state index contributed by atoms with van der Waals surface area (Å²) < 4.78 is 67.1. The van der Waals surface area contributed by atoms with E-state index < -0.39 is 5.79 Å². The van der Waals surface area contributed by atoms with Crippen LogP contribution in [-0.2, 0) is 52.2 Å². The van der Waals surface area contributed by atoms with Gasteiger partial charge in [-0.3, -0.25) is 4.79 Å². The van der Waals surface area contributed by atoms with E-state index >= 15 is 0 Å². The molecule has 0 radical (unpaired) electrons. The largest absolute Gasteiger partial charge is 0.380 e. The summed E-state index contributed by atoms with van der Waals surface area (Å²) in [6.45, 7) is 11.8. The molecule has 12 bridgehead atoms. The molecule has 1 aromatic rings. The van der Waals surface area contributed by atoms with Crippen LogP contribution in [-0.4, -0.2) is 147 Å². The van der Waals surface area contributed by atoms with E-state index in [0.29, 0.717) is 51.0 Å². The number of anilines is 1. The Morgan fingerprint density at radius 2 is 1.55 bits per heavy atom. The van der Waals surface area contributed by atoms with E-state index in [2.05, 4.69) is 30.0 Å². The minimum absolute atomic E-state index is 0.0183. The third-order valence-electron chi connectivity index (χ3n) is 15.4. The highest BCUT2D eigenvalue weighted by molar-refractivity contribution is 5.79. The molecule has 330 valence electrons. The summed E-state index contributed by atoms with van der Waals surface area (Å²) in [5, 5.41) is 0. The lowest BCUT2D eigenvalue weighted by Gasteiger charge is -2.47. The van der Waals surface area contributed by atoms with Crippen molar-refractivity contribution >= 4 is 11.7 Å². The molecule has 60 heavy (non-hydrogen) atoms. The highest BCUT2D eigenvalue weighted by Gasteiger charge is 2.68. The summed E-state index contributed by atoms with van der Waals surface area (Å²) in [6.07, 6.45) is 9.30. The van der Waals surface area contributed by atoms with Crippen molar-refractivity contribution in [1.29, 1.82) is 0 Å².